The van der Waals surface area contributed by atoms with Crippen LogP contribution in [0.15, 0.2) is 85.1 Å². The molecule has 0 aliphatic carbocycles. The Kier molecular flexibility index (Phi) is 51.4. The highest BCUT2D eigenvalue weighted by molar-refractivity contribution is 5.71. The van der Waals surface area contributed by atoms with Gasteiger partial charge in [-0.25, -0.2) is 0 Å². The van der Waals surface area contributed by atoms with Gasteiger partial charge in [0.25, 0.3) is 0 Å². The first-order valence-corrected chi connectivity index (χ1v) is 27.7. The van der Waals surface area contributed by atoms with Gasteiger partial charge in [-0.2, -0.15) is 0 Å². The van der Waals surface area contributed by atoms with Gasteiger partial charge in [-0.1, -0.05) is 260 Å². The van der Waals surface area contributed by atoms with Crippen LogP contribution in [0.3, 0.4) is 0 Å². The van der Waals surface area contributed by atoms with E-state index in [4.69, 9.17) is 14.2 Å². The van der Waals surface area contributed by atoms with Gasteiger partial charge < -0.3 is 14.2 Å². The standard InChI is InChI=1S/C60H102O6/c1-4-7-10-13-16-19-22-25-28-30-33-35-38-41-44-47-50-53-59(62)65-56-57(55-64-58(61)52-49-46-43-40-37-34-31-27-24-21-18-15-12-9-6-3)66-60(63)54-51-48-45-42-39-36-32-29-26-23-20-17-14-11-8-5-2/h7,10,13,16,19,21-22,24-25,28,30,33,35,38,57H,4-6,8-9,11-12,14-15,17-18,20,23,26-27,29,31-32,34,36-37,39-56H2,1-3H3/b10-7-,16-13-,22-19-,24-21-,28-25-,33-30+,38-35-. The van der Waals surface area contributed by atoms with E-state index in [0.717, 1.165) is 70.6 Å². The Morgan fingerprint density at radius 1 is 0.318 bits per heavy atom. The summed E-state index contributed by atoms with van der Waals surface area (Å²) in [4.78, 5) is 38.1. The summed E-state index contributed by atoms with van der Waals surface area (Å²) in [6.07, 6.45) is 69.9. The van der Waals surface area contributed by atoms with Crippen LogP contribution >= 0.6 is 0 Å². The molecule has 0 fully saturated rings. The van der Waals surface area contributed by atoms with Gasteiger partial charge in [-0.05, 0) is 64.2 Å². The second-order valence-electron chi connectivity index (χ2n) is 18.3. The second kappa shape index (κ2) is 54.2. The first-order valence-electron chi connectivity index (χ1n) is 27.7. The number of ether oxygens (including phenoxy) is 3. The Balaban J connectivity index is 4.47. The SMILES string of the molecule is CC\C=C/C=C\C=C/C=C\C=C\C=C/CCCCCC(=O)OCC(COC(=O)CCCCCCCCC/C=C\CCCCCC)OC(=O)CCCCCCCCCCCCCCCCCC. The minimum absolute atomic E-state index is 0.0917. The Bertz CT molecular complexity index is 1290. The normalized spacial score (nSPS) is 12.7. The van der Waals surface area contributed by atoms with Crippen LogP contribution in [0.2, 0.25) is 0 Å². The molecule has 1 unspecified atom stereocenters. The van der Waals surface area contributed by atoms with Crippen LogP contribution in [-0.2, 0) is 28.6 Å². The third-order valence-electron chi connectivity index (χ3n) is 11.8. The summed E-state index contributed by atoms with van der Waals surface area (Å²) < 4.78 is 16.8. The number of allylic oxidation sites excluding steroid dienone is 14. The van der Waals surface area contributed by atoms with Gasteiger partial charge in [0, 0.05) is 19.3 Å². The number of hydrogen-bond acceptors (Lipinski definition) is 6. The average Bonchev–Trinajstić information content (AvgIpc) is 3.31. The molecule has 0 aliphatic rings. The number of unbranched alkanes of at least 4 members (excludes halogenated alkanes) is 29. The highest BCUT2D eigenvalue weighted by atomic mass is 16.6. The zero-order valence-corrected chi connectivity index (χ0v) is 43.2. The molecule has 0 saturated heterocycles. The van der Waals surface area contributed by atoms with E-state index in [1.165, 1.54) is 148 Å². The summed E-state index contributed by atoms with van der Waals surface area (Å²) >= 11 is 0. The van der Waals surface area contributed by atoms with Crippen molar-refractivity contribution < 1.29 is 28.6 Å². The number of carbonyl (C=O) groups is 3. The fourth-order valence-electron chi connectivity index (χ4n) is 7.65. The third kappa shape index (κ3) is 51.6. The van der Waals surface area contributed by atoms with Crippen molar-refractivity contribution in [2.24, 2.45) is 0 Å². The van der Waals surface area contributed by atoms with Gasteiger partial charge in [0.15, 0.2) is 6.10 Å². The molecular weight excluding hydrogens is 817 g/mol. The van der Waals surface area contributed by atoms with Crippen LogP contribution in [0, 0.1) is 0 Å². The molecule has 378 valence electrons. The molecule has 0 bridgehead atoms. The molecule has 0 saturated carbocycles. The van der Waals surface area contributed by atoms with Crippen LogP contribution in [0.25, 0.3) is 0 Å². The fraction of sp³-hybridized carbons (Fsp3) is 0.717. The summed E-state index contributed by atoms with van der Waals surface area (Å²) in [7, 11) is 0. The molecule has 0 N–H and O–H groups in total. The predicted octanol–water partition coefficient (Wildman–Crippen LogP) is 18.4. The molecule has 0 radical (unpaired) electrons. The minimum Gasteiger partial charge on any atom is -0.462 e. The number of esters is 3. The van der Waals surface area contributed by atoms with E-state index in [-0.39, 0.29) is 31.1 Å². The lowest BCUT2D eigenvalue weighted by Gasteiger charge is -2.18. The monoisotopic (exact) mass is 919 g/mol. The van der Waals surface area contributed by atoms with Crippen molar-refractivity contribution in [3.05, 3.63) is 85.1 Å². The molecule has 66 heavy (non-hydrogen) atoms. The van der Waals surface area contributed by atoms with E-state index in [0.29, 0.717) is 19.3 Å². The summed E-state index contributed by atoms with van der Waals surface area (Å²) in [6.45, 7) is 6.46. The summed E-state index contributed by atoms with van der Waals surface area (Å²) in [5.74, 6) is -0.934. The van der Waals surface area contributed by atoms with Crippen molar-refractivity contribution in [1.29, 1.82) is 0 Å². The Labute approximate surface area is 407 Å². The van der Waals surface area contributed by atoms with Crippen LogP contribution in [-0.4, -0.2) is 37.2 Å². The lowest BCUT2D eigenvalue weighted by Crippen LogP contribution is -2.30. The maximum absolute atomic E-state index is 12.8. The molecule has 6 heteroatoms. The molecule has 0 aromatic rings. The maximum atomic E-state index is 12.8. The van der Waals surface area contributed by atoms with Crippen molar-refractivity contribution in [1.82, 2.24) is 0 Å². The average molecular weight is 919 g/mol. The molecule has 6 nitrogen and oxygen atoms in total. The highest BCUT2D eigenvalue weighted by Gasteiger charge is 2.19. The first kappa shape index (κ1) is 62.6. The molecule has 0 heterocycles. The molecular formula is C60H102O6. The van der Waals surface area contributed by atoms with Crippen LogP contribution in [0.1, 0.15) is 258 Å². The zero-order valence-electron chi connectivity index (χ0n) is 43.2. The van der Waals surface area contributed by atoms with Crippen molar-refractivity contribution in [3.63, 3.8) is 0 Å². The third-order valence-corrected chi connectivity index (χ3v) is 11.8. The van der Waals surface area contributed by atoms with E-state index in [9.17, 15) is 14.4 Å². The lowest BCUT2D eigenvalue weighted by molar-refractivity contribution is -0.167. The van der Waals surface area contributed by atoms with E-state index < -0.39 is 6.10 Å². The topological polar surface area (TPSA) is 78.9 Å². The molecule has 0 aromatic heterocycles. The van der Waals surface area contributed by atoms with E-state index >= 15 is 0 Å². The molecule has 0 amide bonds. The van der Waals surface area contributed by atoms with Crippen LogP contribution < -0.4 is 0 Å². The van der Waals surface area contributed by atoms with E-state index in [1.807, 2.05) is 60.8 Å². The number of hydrogen-bond donors (Lipinski definition) is 0. The van der Waals surface area contributed by atoms with Crippen LogP contribution in [0.4, 0.5) is 0 Å². The highest BCUT2D eigenvalue weighted by Crippen LogP contribution is 2.16. The second-order valence-corrected chi connectivity index (χ2v) is 18.3. The van der Waals surface area contributed by atoms with Gasteiger partial charge in [0.2, 0.25) is 0 Å². The summed E-state index contributed by atoms with van der Waals surface area (Å²) in [5, 5.41) is 0. The van der Waals surface area contributed by atoms with Gasteiger partial charge in [-0.3, -0.25) is 14.4 Å². The maximum Gasteiger partial charge on any atom is 0.306 e. The summed E-state index contributed by atoms with van der Waals surface area (Å²) in [6, 6.07) is 0. The van der Waals surface area contributed by atoms with Crippen molar-refractivity contribution in [2.45, 2.75) is 264 Å². The zero-order chi connectivity index (χ0) is 47.9. The van der Waals surface area contributed by atoms with Crippen molar-refractivity contribution >= 4 is 17.9 Å². The van der Waals surface area contributed by atoms with Gasteiger partial charge in [0.05, 0.1) is 0 Å². The lowest BCUT2D eigenvalue weighted by atomic mass is 10.0. The largest absolute Gasteiger partial charge is 0.462 e. The molecule has 0 aromatic carbocycles. The molecule has 0 aliphatic heterocycles. The quantitative estimate of drug-likeness (QED) is 0.0199. The Morgan fingerprint density at radius 3 is 1.00 bits per heavy atom. The number of rotatable bonds is 49. The van der Waals surface area contributed by atoms with Crippen LogP contribution in [0.5, 0.6) is 0 Å². The van der Waals surface area contributed by atoms with E-state index in [1.54, 1.807) is 0 Å². The summed E-state index contributed by atoms with van der Waals surface area (Å²) in [5.41, 5.74) is 0. The van der Waals surface area contributed by atoms with Gasteiger partial charge in [0.1, 0.15) is 13.2 Å². The van der Waals surface area contributed by atoms with Crippen molar-refractivity contribution in [2.75, 3.05) is 13.2 Å². The first-order chi connectivity index (χ1) is 32.5. The molecule has 1 atom stereocenters. The smallest absolute Gasteiger partial charge is 0.306 e. The molecule has 0 spiro atoms. The molecule has 0 rings (SSSR count). The van der Waals surface area contributed by atoms with Gasteiger partial charge in [-0.15, -0.1) is 0 Å². The predicted molar refractivity (Wildman–Crippen MR) is 284 cm³/mol. The Morgan fingerprint density at radius 2 is 0.606 bits per heavy atom. The minimum atomic E-state index is -0.795. The fourth-order valence-corrected chi connectivity index (χ4v) is 7.65. The number of carbonyl (C=O) groups excluding carboxylic acids is 3. The Hall–Kier alpha value is -3.41. The van der Waals surface area contributed by atoms with E-state index in [2.05, 4.69) is 45.1 Å². The van der Waals surface area contributed by atoms with Gasteiger partial charge >= 0.3 is 17.9 Å². The van der Waals surface area contributed by atoms with Crippen molar-refractivity contribution in [3.8, 4) is 0 Å².